The lowest BCUT2D eigenvalue weighted by atomic mass is 10.2. The molecular weight excluding hydrogens is 274 g/mol. The van der Waals surface area contributed by atoms with Crippen LogP contribution < -0.4 is 8.92 Å². The topological polar surface area (TPSA) is 48.4 Å². The van der Waals surface area contributed by atoms with Gasteiger partial charge in [-0.1, -0.05) is 6.07 Å². The van der Waals surface area contributed by atoms with Gasteiger partial charge in [0.2, 0.25) is 10.8 Å². The zero-order chi connectivity index (χ0) is 14.9. The highest BCUT2D eigenvalue weighted by molar-refractivity contribution is 7.34. The first kappa shape index (κ1) is 14.9. The molecular formula is C15H20NO3S+. The molecule has 0 N–H and O–H groups in total. The van der Waals surface area contributed by atoms with Crippen molar-refractivity contribution in [2.45, 2.75) is 46.3 Å². The van der Waals surface area contributed by atoms with Gasteiger partial charge >= 0.3 is 5.19 Å². The van der Waals surface area contributed by atoms with Gasteiger partial charge in [-0.15, -0.1) is 4.18 Å². The molecule has 2 aromatic rings. The molecule has 0 saturated carbocycles. The van der Waals surface area contributed by atoms with Gasteiger partial charge in [0.05, 0.1) is 11.7 Å². The summed E-state index contributed by atoms with van der Waals surface area (Å²) in [6.07, 6.45) is 0.861. The smallest absolute Gasteiger partial charge is 0.433 e. The Labute approximate surface area is 121 Å². The molecule has 1 atom stereocenters. The van der Waals surface area contributed by atoms with Crippen LogP contribution in [0.1, 0.15) is 45.0 Å². The van der Waals surface area contributed by atoms with Crippen LogP contribution in [0.2, 0.25) is 0 Å². The van der Waals surface area contributed by atoms with Crippen molar-refractivity contribution in [3.8, 4) is 5.19 Å². The molecule has 0 saturated heterocycles. The van der Waals surface area contributed by atoms with Crippen molar-refractivity contribution in [3.63, 3.8) is 0 Å². The van der Waals surface area contributed by atoms with Gasteiger partial charge in [0.15, 0.2) is 6.29 Å². The number of ether oxygens (including phenoxy) is 1. The number of nitrogens with zero attached hydrogens (tertiary/aromatic N) is 1. The maximum absolute atomic E-state index is 11.3. The van der Waals surface area contributed by atoms with Crippen molar-refractivity contribution >= 4 is 27.3 Å². The SMILES string of the molecule is CC(C)Oc1nc2cccc(C=O)c2[s+]1OC(C)(C)C. The molecule has 0 fully saturated rings. The summed E-state index contributed by atoms with van der Waals surface area (Å²) < 4.78 is 12.7. The summed E-state index contributed by atoms with van der Waals surface area (Å²) in [5, 5.41) is 0.555. The Bertz CT molecular complexity index is 626. The van der Waals surface area contributed by atoms with Crippen molar-refractivity contribution in [2.24, 2.45) is 0 Å². The van der Waals surface area contributed by atoms with E-state index < -0.39 is 10.8 Å². The molecule has 20 heavy (non-hydrogen) atoms. The Morgan fingerprint density at radius 3 is 2.55 bits per heavy atom. The zero-order valence-electron chi connectivity index (χ0n) is 12.5. The van der Waals surface area contributed by atoms with Crippen molar-refractivity contribution in [2.75, 3.05) is 0 Å². The third kappa shape index (κ3) is 3.16. The molecule has 1 unspecified atom stereocenters. The van der Waals surface area contributed by atoms with Crippen LogP contribution >= 0.6 is 10.8 Å². The molecule has 1 heterocycles. The maximum Gasteiger partial charge on any atom is 0.472 e. The van der Waals surface area contributed by atoms with Gasteiger partial charge < -0.3 is 4.74 Å². The number of carbonyl (C=O) groups is 1. The van der Waals surface area contributed by atoms with Crippen LogP contribution in [-0.2, 0) is 0 Å². The molecule has 0 spiro atoms. The summed E-state index contributed by atoms with van der Waals surface area (Å²) in [4.78, 5) is 15.8. The standard InChI is InChI=1S/C15H20NO3S/c1-10(2)18-14-16-12-8-6-7-11(9-17)13(12)20(14)19-15(3,4)5/h6-10H,1-5H3/q+1. The molecule has 0 amide bonds. The van der Waals surface area contributed by atoms with E-state index in [2.05, 4.69) is 4.98 Å². The fourth-order valence-corrected chi connectivity index (χ4v) is 3.68. The fourth-order valence-electron chi connectivity index (χ4n) is 1.75. The largest absolute Gasteiger partial charge is 0.472 e. The van der Waals surface area contributed by atoms with E-state index in [0.29, 0.717) is 10.8 Å². The molecule has 0 bridgehead atoms. The minimum atomic E-state index is -0.745. The van der Waals surface area contributed by atoms with Gasteiger partial charge in [-0.05, 0) is 46.8 Å². The van der Waals surface area contributed by atoms with Gasteiger partial charge in [-0.25, -0.2) is 0 Å². The molecule has 108 valence electrons. The second-order valence-corrected chi connectivity index (χ2v) is 7.28. The molecule has 0 aliphatic carbocycles. The van der Waals surface area contributed by atoms with E-state index in [1.54, 1.807) is 6.07 Å². The Balaban J connectivity index is 2.66. The van der Waals surface area contributed by atoms with Crippen LogP contribution in [0, 0.1) is 0 Å². The van der Waals surface area contributed by atoms with Gasteiger partial charge in [-0.2, -0.15) is 4.98 Å². The second-order valence-electron chi connectivity index (χ2n) is 5.82. The third-order valence-corrected chi connectivity index (χ3v) is 4.36. The molecule has 2 rings (SSSR count). The molecule has 0 aliphatic heterocycles. The predicted octanol–water partition coefficient (Wildman–Crippen LogP) is 3.81. The number of hydrogen-bond donors (Lipinski definition) is 0. The van der Waals surface area contributed by atoms with Crippen molar-refractivity contribution in [1.29, 1.82) is 0 Å². The van der Waals surface area contributed by atoms with Crippen molar-refractivity contribution in [3.05, 3.63) is 23.8 Å². The third-order valence-electron chi connectivity index (χ3n) is 2.38. The molecule has 0 aliphatic rings. The quantitative estimate of drug-likeness (QED) is 0.635. The van der Waals surface area contributed by atoms with Gasteiger partial charge in [-0.3, -0.25) is 4.79 Å². The number of aldehydes is 1. The average Bonchev–Trinajstić information content (AvgIpc) is 2.64. The Kier molecular flexibility index (Phi) is 4.11. The number of benzene rings is 1. The Morgan fingerprint density at radius 1 is 1.30 bits per heavy atom. The lowest BCUT2D eigenvalue weighted by Gasteiger charge is -2.12. The highest BCUT2D eigenvalue weighted by Gasteiger charge is 2.34. The first-order valence-electron chi connectivity index (χ1n) is 6.59. The summed E-state index contributed by atoms with van der Waals surface area (Å²) >= 11 is 0. The normalized spacial score (nSPS) is 13.0. The monoisotopic (exact) mass is 294 g/mol. The number of carbonyl (C=O) groups excluding carboxylic acids is 1. The maximum atomic E-state index is 11.3. The van der Waals surface area contributed by atoms with E-state index in [4.69, 9.17) is 8.92 Å². The molecule has 4 nitrogen and oxygen atoms in total. The van der Waals surface area contributed by atoms with Crippen LogP contribution in [-0.4, -0.2) is 23.0 Å². The highest BCUT2D eigenvalue weighted by atomic mass is 32.2. The molecule has 5 heteroatoms. The first-order valence-corrected chi connectivity index (χ1v) is 7.74. The predicted molar refractivity (Wildman–Crippen MR) is 81.7 cm³/mol. The summed E-state index contributed by atoms with van der Waals surface area (Å²) in [6, 6.07) is 5.49. The van der Waals surface area contributed by atoms with Crippen LogP contribution in [0.25, 0.3) is 10.2 Å². The van der Waals surface area contributed by atoms with Crippen molar-refractivity contribution < 1.29 is 13.7 Å². The number of fused-ring (bicyclic) bond motifs is 1. The number of hydrogen-bond acceptors (Lipinski definition) is 4. The molecule has 0 radical (unpaired) electrons. The van der Waals surface area contributed by atoms with Gasteiger partial charge in [0.25, 0.3) is 4.70 Å². The van der Waals surface area contributed by atoms with Gasteiger partial charge in [0.1, 0.15) is 11.1 Å². The van der Waals surface area contributed by atoms with Gasteiger partial charge in [0, 0.05) is 0 Å². The summed E-state index contributed by atoms with van der Waals surface area (Å²) in [6.45, 7) is 9.84. The van der Waals surface area contributed by atoms with Crippen LogP contribution in [0.5, 0.6) is 5.19 Å². The van der Waals surface area contributed by atoms with E-state index in [1.165, 1.54) is 0 Å². The molecule has 1 aromatic heterocycles. The minimum absolute atomic E-state index is 0.0151. The average molecular weight is 294 g/mol. The minimum Gasteiger partial charge on any atom is -0.433 e. The van der Waals surface area contributed by atoms with Crippen molar-refractivity contribution in [1.82, 2.24) is 4.98 Å². The number of aromatic nitrogens is 1. The van der Waals surface area contributed by atoms with E-state index in [0.717, 1.165) is 16.5 Å². The summed E-state index contributed by atoms with van der Waals surface area (Å²) in [5.74, 6) is 0. The van der Waals surface area contributed by atoms with E-state index in [-0.39, 0.29) is 11.7 Å². The summed E-state index contributed by atoms with van der Waals surface area (Å²) in [5.41, 5.74) is 1.03. The van der Waals surface area contributed by atoms with Crippen LogP contribution in [0.4, 0.5) is 0 Å². The van der Waals surface area contributed by atoms with E-state index in [9.17, 15) is 4.79 Å². The highest BCUT2D eigenvalue weighted by Crippen LogP contribution is 2.42. The van der Waals surface area contributed by atoms with Crippen LogP contribution in [0.3, 0.4) is 0 Å². The zero-order valence-corrected chi connectivity index (χ0v) is 13.3. The lowest BCUT2D eigenvalue weighted by Crippen LogP contribution is -2.23. The van der Waals surface area contributed by atoms with E-state index in [1.807, 2.05) is 46.8 Å². The summed E-state index contributed by atoms with van der Waals surface area (Å²) in [7, 11) is -0.745. The van der Waals surface area contributed by atoms with E-state index >= 15 is 0 Å². The van der Waals surface area contributed by atoms with Crippen LogP contribution in [0.15, 0.2) is 18.2 Å². The Hall–Kier alpha value is -1.46. The first-order chi connectivity index (χ1) is 9.31. The number of rotatable bonds is 4. The second kappa shape index (κ2) is 5.50. The molecule has 1 aromatic carbocycles. The number of thiazole rings is 1. The fraction of sp³-hybridized carbons (Fsp3) is 0.467. The Morgan fingerprint density at radius 2 is 2.00 bits per heavy atom. The lowest BCUT2D eigenvalue weighted by molar-refractivity contribution is 0.112.